The van der Waals surface area contributed by atoms with Crippen LogP contribution in [0.2, 0.25) is 0 Å². The molecular weight excluding hydrogens is 345 g/mol. The highest BCUT2D eigenvalue weighted by molar-refractivity contribution is 5.95. The third-order valence-electron chi connectivity index (χ3n) is 4.81. The van der Waals surface area contributed by atoms with Gasteiger partial charge in [0.1, 0.15) is 5.82 Å². The Morgan fingerprint density at radius 1 is 1.11 bits per heavy atom. The van der Waals surface area contributed by atoms with Gasteiger partial charge in [-0.15, -0.1) is 0 Å². The average molecular weight is 367 g/mol. The van der Waals surface area contributed by atoms with Gasteiger partial charge in [-0.3, -0.25) is 9.59 Å². The van der Waals surface area contributed by atoms with E-state index in [1.54, 1.807) is 23.1 Å². The summed E-state index contributed by atoms with van der Waals surface area (Å²) >= 11 is 0. The Balaban J connectivity index is 1.51. The normalized spacial score (nSPS) is 15.1. The van der Waals surface area contributed by atoms with Crippen LogP contribution < -0.4 is 5.43 Å². The molecule has 0 atom stereocenters. The summed E-state index contributed by atoms with van der Waals surface area (Å²) in [5.41, 5.74) is 4.44. The third-order valence-corrected chi connectivity index (χ3v) is 4.81. The minimum absolute atomic E-state index is 0.00420. The van der Waals surface area contributed by atoms with Gasteiger partial charge >= 0.3 is 0 Å². The van der Waals surface area contributed by atoms with E-state index in [2.05, 4.69) is 10.5 Å². The first-order valence-electron chi connectivity index (χ1n) is 8.98. The molecule has 1 aliphatic heterocycles. The van der Waals surface area contributed by atoms with Crippen LogP contribution in [-0.2, 0) is 4.79 Å². The number of hydrogen-bond acceptors (Lipinski definition) is 3. The summed E-state index contributed by atoms with van der Waals surface area (Å²) in [4.78, 5) is 26.7. The van der Waals surface area contributed by atoms with Crippen molar-refractivity contribution < 1.29 is 14.0 Å². The lowest BCUT2D eigenvalue weighted by molar-refractivity contribution is -0.126. The van der Waals surface area contributed by atoms with Crippen molar-refractivity contribution in [2.45, 2.75) is 19.8 Å². The highest BCUT2D eigenvalue weighted by atomic mass is 19.1. The lowest BCUT2D eigenvalue weighted by Crippen LogP contribution is -2.42. The van der Waals surface area contributed by atoms with Gasteiger partial charge in [0.2, 0.25) is 5.91 Å². The molecule has 1 heterocycles. The SMILES string of the molecule is Cc1ccccc1C(=O)N1CCC(C(=O)N/N=C\c2ccccc2F)CC1. The molecule has 0 aromatic heterocycles. The lowest BCUT2D eigenvalue weighted by Gasteiger charge is -2.31. The van der Waals surface area contributed by atoms with Gasteiger partial charge in [-0.25, -0.2) is 9.82 Å². The van der Waals surface area contributed by atoms with Gasteiger partial charge in [0, 0.05) is 30.1 Å². The van der Waals surface area contributed by atoms with E-state index in [1.807, 2.05) is 31.2 Å². The van der Waals surface area contributed by atoms with Crippen LogP contribution in [0, 0.1) is 18.7 Å². The van der Waals surface area contributed by atoms with Crippen LogP contribution in [0.15, 0.2) is 53.6 Å². The Hall–Kier alpha value is -3.02. The molecule has 6 heteroatoms. The molecule has 2 aromatic rings. The number of carbonyl (C=O) groups is 2. The predicted octanol–water partition coefficient (Wildman–Crippen LogP) is 3.14. The Labute approximate surface area is 157 Å². The number of hydrazone groups is 1. The number of piperidine rings is 1. The van der Waals surface area contributed by atoms with E-state index in [0.29, 0.717) is 37.1 Å². The predicted molar refractivity (Wildman–Crippen MR) is 102 cm³/mol. The zero-order valence-corrected chi connectivity index (χ0v) is 15.2. The molecule has 0 saturated carbocycles. The number of carbonyl (C=O) groups excluding carboxylic acids is 2. The van der Waals surface area contributed by atoms with E-state index in [-0.39, 0.29) is 17.7 Å². The van der Waals surface area contributed by atoms with Gasteiger partial charge in [-0.05, 0) is 37.5 Å². The molecule has 1 aliphatic rings. The first-order valence-corrected chi connectivity index (χ1v) is 8.98. The summed E-state index contributed by atoms with van der Waals surface area (Å²) in [6.45, 7) is 2.98. The largest absolute Gasteiger partial charge is 0.339 e. The zero-order chi connectivity index (χ0) is 19.2. The number of amides is 2. The fourth-order valence-electron chi connectivity index (χ4n) is 3.16. The molecule has 1 saturated heterocycles. The van der Waals surface area contributed by atoms with Crippen molar-refractivity contribution in [1.29, 1.82) is 0 Å². The van der Waals surface area contributed by atoms with Crippen LogP contribution in [0.5, 0.6) is 0 Å². The molecule has 0 aliphatic carbocycles. The molecule has 1 N–H and O–H groups in total. The molecule has 3 rings (SSSR count). The van der Waals surface area contributed by atoms with E-state index in [9.17, 15) is 14.0 Å². The van der Waals surface area contributed by atoms with E-state index in [4.69, 9.17) is 0 Å². The lowest BCUT2D eigenvalue weighted by atomic mass is 9.95. The minimum atomic E-state index is -0.390. The van der Waals surface area contributed by atoms with Crippen molar-refractivity contribution in [2.75, 3.05) is 13.1 Å². The summed E-state index contributed by atoms with van der Waals surface area (Å²) in [6.07, 6.45) is 2.46. The van der Waals surface area contributed by atoms with Gasteiger partial charge in [0.05, 0.1) is 6.21 Å². The molecule has 27 heavy (non-hydrogen) atoms. The maximum Gasteiger partial charge on any atom is 0.254 e. The number of benzene rings is 2. The van der Waals surface area contributed by atoms with Crippen LogP contribution >= 0.6 is 0 Å². The molecule has 2 aromatic carbocycles. The standard InChI is InChI=1S/C21H22FN3O2/c1-15-6-2-4-8-18(15)21(27)25-12-10-16(11-13-25)20(26)24-23-14-17-7-3-5-9-19(17)22/h2-9,14,16H,10-13H2,1H3,(H,24,26)/b23-14-. The van der Waals surface area contributed by atoms with Crippen LogP contribution in [0.1, 0.15) is 34.3 Å². The Kier molecular flexibility index (Phi) is 5.96. The highest BCUT2D eigenvalue weighted by Crippen LogP contribution is 2.20. The average Bonchev–Trinajstić information content (AvgIpc) is 2.69. The van der Waals surface area contributed by atoms with E-state index in [1.165, 1.54) is 12.3 Å². The Morgan fingerprint density at radius 2 is 1.78 bits per heavy atom. The molecule has 140 valence electrons. The van der Waals surface area contributed by atoms with Crippen molar-refractivity contribution in [3.05, 3.63) is 71.0 Å². The number of halogens is 1. The molecule has 0 spiro atoms. The van der Waals surface area contributed by atoms with E-state index < -0.39 is 5.82 Å². The molecule has 1 fully saturated rings. The summed E-state index contributed by atoms with van der Waals surface area (Å²) < 4.78 is 13.5. The summed E-state index contributed by atoms with van der Waals surface area (Å²) in [6, 6.07) is 13.7. The summed E-state index contributed by atoms with van der Waals surface area (Å²) in [5, 5.41) is 3.85. The van der Waals surface area contributed by atoms with Gasteiger partial charge in [-0.1, -0.05) is 36.4 Å². The number of nitrogens with one attached hydrogen (secondary N) is 1. The van der Waals surface area contributed by atoms with Crippen LogP contribution in [0.3, 0.4) is 0 Å². The quantitative estimate of drug-likeness (QED) is 0.667. The summed E-state index contributed by atoms with van der Waals surface area (Å²) in [5.74, 6) is -0.794. The number of rotatable bonds is 4. The third kappa shape index (κ3) is 4.58. The van der Waals surface area contributed by atoms with Crippen molar-refractivity contribution in [3.8, 4) is 0 Å². The van der Waals surface area contributed by atoms with Crippen LogP contribution in [0.25, 0.3) is 0 Å². The first-order chi connectivity index (χ1) is 13.1. The second kappa shape index (κ2) is 8.58. The number of likely N-dealkylation sites (tertiary alicyclic amines) is 1. The molecule has 2 amide bonds. The molecule has 0 radical (unpaired) electrons. The maximum atomic E-state index is 13.5. The van der Waals surface area contributed by atoms with E-state index in [0.717, 1.165) is 5.56 Å². The minimum Gasteiger partial charge on any atom is -0.339 e. The molecular formula is C21H22FN3O2. The highest BCUT2D eigenvalue weighted by Gasteiger charge is 2.28. The number of hydrogen-bond donors (Lipinski definition) is 1. The van der Waals surface area contributed by atoms with Crippen molar-refractivity contribution in [3.63, 3.8) is 0 Å². The van der Waals surface area contributed by atoms with Gasteiger partial charge in [0.15, 0.2) is 0 Å². The van der Waals surface area contributed by atoms with Gasteiger partial charge in [0.25, 0.3) is 5.91 Å². The first kappa shape index (κ1) is 18.8. The summed E-state index contributed by atoms with van der Waals surface area (Å²) in [7, 11) is 0. The van der Waals surface area contributed by atoms with E-state index >= 15 is 0 Å². The number of nitrogens with zero attached hydrogens (tertiary/aromatic N) is 2. The van der Waals surface area contributed by atoms with Crippen molar-refractivity contribution in [1.82, 2.24) is 10.3 Å². The second-order valence-electron chi connectivity index (χ2n) is 6.64. The fraction of sp³-hybridized carbons (Fsp3) is 0.286. The Bertz CT molecular complexity index is 858. The Morgan fingerprint density at radius 3 is 2.48 bits per heavy atom. The smallest absolute Gasteiger partial charge is 0.254 e. The number of aryl methyl sites for hydroxylation is 1. The second-order valence-corrected chi connectivity index (χ2v) is 6.64. The molecule has 0 unspecified atom stereocenters. The molecule has 5 nitrogen and oxygen atoms in total. The molecule has 0 bridgehead atoms. The van der Waals surface area contributed by atoms with Crippen LogP contribution in [-0.4, -0.2) is 36.0 Å². The maximum absolute atomic E-state index is 13.5. The van der Waals surface area contributed by atoms with Crippen molar-refractivity contribution in [2.24, 2.45) is 11.0 Å². The topological polar surface area (TPSA) is 61.8 Å². The van der Waals surface area contributed by atoms with Crippen molar-refractivity contribution >= 4 is 18.0 Å². The zero-order valence-electron chi connectivity index (χ0n) is 15.2. The van der Waals surface area contributed by atoms with Gasteiger partial charge < -0.3 is 4.90 Å². The van der Waals surface area contributed by atoms with Crippen LogP contribution in [0.4, 0.5) is 4.39 Å². The van der Waals surface area contributed by atoms with Gasteiger partial charge in [-0.2, -0.15) is 5.10 Å². The monoisotopic (exact) mass is 367 g/mol. The fourth-order valence-corrected chi connectivity index (χ4v) is 3.16.